The van der Waals surface area contributed by atoms with Gasteiger partial charge in [0.2, 0.25) is 0 Å². The molecule has 2 aromatic heterocycles. The van der Waals surface area contributed by atoms with Crippen molar-refractivity contribution in [3.05, 3.63) is 72.2 Å². The van der Waals surface area contributed by atoms with Crippen LogP contribution in [0.2, 0.25) is 0 Å². The second-order valence-electron chi connectivity index (χ2n) is 7.45. The largest absolute Gasteiger partial charge is 0.490 e. The molecule has 0 saturated heterocycles. The van der Waals surface area contributed by atoms with Crippen molar-refractivity contribution in [3.8, 4) is 11.4 Å². The Kier molecular flexibility index (Phi) is 9.29. The van der Waals surface area contributed by atoms with Crippen molar-refractivity contribution >= 4 is 11.8 Å². The number of hydrogen-bond acceptors (Lipinski definition) is 6. The fraction of sp³-hybridized carbons (Fsp3) is 0.304. The summed E-state index contributed by atoms with van der Waals surface area (Å²) < 4.78 is 31.7. The second kappa shape index (κ2) is 11.9. The maximum atomic E-state index is 10.6. The van der Waals surface area contributed by atoms with Crippen molar-refractivity contribution < 1.29 is 23.1 Å². The predicted molar refractivity (Wildman–Crippen MR) is 120 cm³/mol. The molecule has 1 unspecified atom stereocenters. The minimum absolute atomic E-state index is 0.375. The number of aromatic nitrogens is 3. The number of nitrogens with one attached hydrogen (secondary N) is 1. The van der Waals surface area contributed by atoms with Crippen molar-refractivity contribution in [2.45, 2.75) is 19.0 Å². The molecule has 1 aromatic carbocycles. The first kappa shape index (κ1) is 25.7. The summed E-state index contributed by atoms with van der Waals surface area (Å²) in [4.78, 5) is 24.6. The van der Waals surface area contributed by atoms with E-state index in [2.05, 4.69) is 69.6 Å². The van der Waals surface area contributed by atoms with Crippen LogP contribution in [0.1, 0.15) is 17.3 Å². The molecule has 33 heavy (non-hydrogen) atoms. The molecule has 0 bridgehead atoms. The van der Waals surface area contributed by atoms with E-state index >= 15 is 0 Å². The van der Waals surface area contributed by atoms with Crippen molar-refractivity contribution in [1.82, 2.24) is 19.9 Å². The number of pyridine rings is 1. The van der Waals surface area contributed by atoms with Gasteiger partial charge in [-0.15, -0.1) is 0 Å². The molecule has 2 heterocycles. The van der Waals surface area contributed by atoms with Gasteiger partial charge in [-0.2, -0.15) is 13.2 Å². The van der Waals surface area contributed by atoms with E-state index in [9.17, 15) is 13.2 Å². The van der Waals surface area contributed by atoms with Crippen LogP contribution in [0.3, 0.4) is 0 Å². The van der Waals surface area contributed by atoms with Gasteiger partial charge in [-0.25, -0.2) is 14.8 Å². The number of benzene rings is 1. The molecule has 0 aliphatic rings. The molecule has 10 heteroatoms. The number of anilines is 1. The highest BCUT2D eigenvalue weighted by Gasteiger charge is 2.38. The number of alkyl halides is 3. The lowest BCUT2D eigenvalue weighted by molar-refractivity contribution is -0.192. The molecule has 0 saturated carbocycles. The molecule has 2 N–H and O–H groups in total. The van der Waals surface area contributed by atoms with Gasteiger partial charge >= 0.3 is 12.1 Å². The molecular weight excluding hydrogens is 435 g/mol. The number of nitrogens with zero attached hydrogens (tertiary/aromatic N) is 4. The predicted octanol–water partition coefficient (Wildman–Crippen LogP) is 4.24. The quantitative estimate of drug-likeness (QED) is 0.544. The summed E-state index contributed by atoms with van der Waals surface area (Å²) in [6, 6.07) is 18.4. The minimum atomic E-state index is -5.08. The van der Waals surface area contributed by atoms with Gasteiger partial charge in [-0.1, -0.05) is 36.4 Å². The van der Waals surface area contributed by atoms with E-state index in [1.807, 2.05) is 31.2 Å². The van der Waals surface area contributed by atoms with Crippen molar-refractivity contribution in [1.29, 1.82) is 0 Å². The fourth-order valence-corrected chi connectivity index (χ4v) is 2.99. The molecule has 0 amide bonds. The van der Waals surface area contributed by atoms with E-state index in [0.29, 0.717) is 5.92 Å². The lowest BCUT2D eigenvalue weighted by Gasteiger charge is -2.22. The molecule has 0 radical (unpaired) electrons. The minimum Gasteiger partial charge on any atom is -0.475 e. The van der Waals surface area contributed by atoms with Gasteiger partial charge in [0.25, 0.3) is 0 Å². The molecule has 0 spiro atoms. The van der Waals surface area contributed by atoms with Crippen LogP contribution in [0.15, 0.2) is 60.8 Å². The van der Waals surface area contributed by atoms with Crippen LogP contribution in [0, 0.1) is 6.92 Å². The van der Waals surface area contributed by atoms with Crippen LogP contribution in [0.5, 0.6) is 0 Å². The van der Waals surface area contributed by atoms with Crippen LogP contribution in [0.4, 0.5) is 19.0 Å². The number of halogens is 3. The third kappa shape index (κ3) is 8.85. The summed E-state index contributed by atoms with van der Waals surface area (Å²) in [7, 11) is 4.20. The number of rotatable bonds is 7. The summed E-state index contributed by atoms with van der Waals surface area (Å²) in [5, 5.41) is 10.6. The summed E-state index contributed by atoms with van der Waals surface area (Å²) >= 11 is 0. The van der Waals surface area contributed by atoms with Crippen LogP contribution in [-0.2, 0) is 4.79 Å². The maximum Gasteiger partial charge on any atom is 0.490 e. The fourth-order valence-electron chi connectivity index (χ4n) is 2.99. The molecule has 3 aromatic rings. The third-order valence-corrected chi connectivity index (χ3v) is 4.39. The Morgan fingerprint density at radius 3 is 2.24 bits per heavy atom. The Bertz CT molecular complexity index is 1020. The lowest BCUT2D eigenvalue weighted by atomic mass is 9.98. The first-order valence-corrected chi connectivity index (χ1v) is 10.1. The maximum absolute atomic E-state index is 10.6. The summed E-state index contributed by atoms with van der Waals surface area (Å²) in [6.45, 7) is 3.68. The van der Waals surface area contributed by atoms with Crippen LogP contribution < -0.4 is 5.32 Å². The van der Waals surface area contributed by atoms with Crippen LogP contribution in [-0.4, -0.2) is 64.3 Å². The standard InChI is InChI=1S/C21H25N5.C2HF3O2/c1-16-24-20(19-11-7-8-12-22-19)13-21(25-16)23-14-18(15-26(2)3)17-9-5-4-6-10-17;3-2(4,5)1(6)7/h4-13,18H,14-15H2,1-3H3,(H,23,24,25);(H,6,7). The molecule has 176 valence electrons. The number of hydrogen-bond donors (Lipinski definition) is 2. The highest BCUT2D eigenvalue weighted by molar-refractivity contribution is 5.73. The van der Waals surface area contributed by atoms with Gasteiger partial charge < -0.3 is 15.3 Å². The lowest BCUT2D eigenvalue weighted by Crippen LogP contribution is -2.25. The van der Waals surface area contributed by atoms with Crippen LogP contribution >= 0.6 is 0 Å². The Hall–Kier alpha value is -3.53. The van der Waals surface area contributed by atoms with Crippen LogP contribution in [0.25, 0.3) is 11.4 Å². The van der Waals surface area contributed by atoms with Gasteiger partial charge in [-0.3, -0.25) is 4.98 Å². The SMILES string of the molecule is Cc1nc(NCC(CN(C)C)c2ccccc2)cc(-c2ccccn2)n1.O=C(O)C(F)(F)F. The Labute approximate surface area is 190 Å². The van der Waals surface area contributed by atoms with Crippen molar-refractivity contribution in [2.24, 2.45) is 0 Å². The number of aryl methyl sites for hydroxylation is 1. The molecule has 0 aliphatic carbocycles. The number of carboxylic acids is 1. The first-order chi connectivity index (χ1) is 15.6. The Morgan fingerprint density at radius 1 is 1.06 bits per heavy atom. The average Bonchev–Trinajstić information content (AvgIpc) is 2.77. The molecule has 7 nitrogen and oxygen atoms in total. The van der Waals surface area contributed by atoms with E-state index in [-0.39, 0.29) is 0 Å². The summed E-state index contributed by atoms with van der Waals surface area (Å²) in [5.74, 6) is -0.815. The number of carboxylic acid groups (broad SMARTS) is 1. The monoisotopic (exact) mass is 461 g/mol. The molecule has 1 atom stereocenters. The van der Waals surface area contributed by atoms with Gasteiger partial charge in [0.1, 0.15) is 11.6 Å². The van der Waals surface area contributed by atoms with Gasteiger partial charge in [0.05, 0.1) is 11.4 Å². The zero-order valence-electron chi connectivity index (χ0n) is 18.5. The molecular formula is C23H26F3N5O2. The van der Waals surface area contributed by atoms with Gasteiger partial charge in [0, 0.05) is 31.3 Å². The molecule has 0 fully saturated rings. The van der Waals surface area contributed by atoms with Crippen molar-refractivity contribution in [3.63, 3.8) is 0 Å². The van der Waals surface area contributed by atoms with E-state index in [4.69, 9.17) is 9.90 Å². The van der Waals surface area contributed by atoms with E-state index in [1.54, 1.807) is 6.20 Å². The molecule has 3 rings (SSSR count). The Balaban J connectivity index is 0.000000479. The third-order valence-electron chi connectivity index (χ3n) is 4.39. The van der Waals surface area contributed by atoms with E-state index in [1.165, 1.54) is 5.56 Å². The first-order valence-electron chi connectivity index (χ1n) is 10.1. The molecule has 0 aliphatic heterocycles. The van der Waals surface area contributed by atoms with E-state index < -0.39 is 12.1 Å². The number of likely N-dealkylation sites (N-methyl/N-ethyl adjacent to an activating group) is 1. The normalized spacial score (nSPS) is 12.0. The van der Waals surface area contributed by atoms with E-state index in [0.717, 1.165) is 36.1 Å². The Morgan fingerprint density at radius 2 is 1.70 bits per heavy atom. The number of carbonyl (C=O) groups is 1. The van der Waals surface area contributed by atoms with Gasteiger partial charge in [-0.05, 0) is 38.7 Å². The average molecular weight is 461 g/mol. The zero-order valence-corrected chi connectivity index (χ0v) is 18.5. The smallest absolute Gasteiger partial charge is 0.475 e. The second-order valence-corrected chi connectivity index (χ2v) is 7.45. The topological polar surface area (TPSA) is 91.2 Å². The number of aliphatic carboxylic acids is 1. The van der Waals surface area contributed by atoms with Gasteiger partial charge in [0.15, 0.2) is 0 Å². The summed E-state index contributed by atoms with van der Waals surface area (Å²) in [6.07, 6.45) is -3.30. The van der Waals surface area contributed by atoms with Crippen molar-refractivity contribution in [2.75, 3.05) is 32.5 Å². The zero-order chi connectivity index (χ0) is 24.4. The highest BCUT2D eigenvalue weighted by Crippen LogP contribution is 2.20. The highest BCUT2D eigenvalue weighted by atomic mass is 19.4. The summed E-state index contributed by atoms with van der Waals surface area (Å²) in [5.41, 5.74) is 3.02.